The minimum atomic E-state index is -1.08. The van der Waals surface area contributed by atoms with Crippen LogP contribution in [-0.4, -0.2) is 57.8 Å². The average Bonchev–Trinajstić information content (AvgIpc) is 3.60. The van der Waals surface area contributed by atoms with Crippen molar-refractivity contribution in [2.24, 2.45) is 0 Å². The van der Waals surface area contributed by atoms with E-state index in [1.807, 2.05) is 0 Å². The van der Waals surface area contributed by atoms with Gasteiger partial charge in [-0.15, -0.1) is 0 Å². The predicted molar refractivity (Wildman–Crippen MR) is 165 cm³/mol. The Kier molecular flexibility index (Phi) is 9.16. The van der Waals surface area contributed by atoms with Crippen LogP contribution in [0, 0.1) is 26.2 Å². The van der Waals surface area contributed by atoms with E-state index in [2.05, 4.69) is 20.8 Å². The number of aromatic hydroxyl groups is 1. The topological polar surface area (TPSA) is 200 Å². The summed E-state index contributed by atoms with van der Waals surface area (Å²) in [5, 5.41) is 27.8. The molecule has 14 heteroatoms. The fourth-order valence-electron chi connectivity index (χ4n) is 4.54. The van der Waals surface area contributed by atoms with E-state index in [1.54, 1.807) is 51.1 Å². The number of anilines is 2. The number of ether oxygens (including phenoxy) is 2. The third-order valence-electron chi connectivity index (χ3n) is 7.21. The van der Waals surface area contributed by atoms with Gasteiger partial charge in [-0.1, -0.05) is 23.4 Å². The lowest BCUT2D eigenvalue weighted by molar-refractivity contribution is -0.150. The normalized spacial score (nSPS) is 12.2. The zero-order chi connectivity index (χ0) is 33.0. The molecular formula is C32H32N6O8. The summed E-state index contributed by atoms with van der Waals surface area (Å²) in [7, 11) is 0. The van der Waals surface area contributed by atoms with Crippen molar-refractivity contribution in [3.05, 3.63) is 94.0 Å². The maximum absolute atomic E-state index is 13.6. The van der Waals surface area contributed by atoms with Crippen molar-refractivity contribution in [2.45, 2.75) is 46.1 Å². The number of amidine groups is 1. The van der Waals surface area contributed by atoms with Crippen molar-refractivity contribution in [1.82, 2.24) is 15.5 Å². The third kappa shape index (κ3) is 7.41. The van der Waals surface area contributed by atoms with E-state index in [9.17, 15) is 24.3 Å². The molecule has 2 aromatic carbocycles. The molecule has 14 nitrogen and oxygen atoms in total. The van der Waals surface area contributed by atoms with Crippen LogP contribution in [0.1, 0.15) is 61.7 Å². The monoisotopic (exact) mass is 628 g/mol. The fourth-order valence-corrected chi connectivity index (χ4v) is 4.54. The first-order valence-electron chi connectivity index (χ1n) is 14.3. The van der Waals surface area contributed by atoms with Crippen molar-refractivity contribution in [3.8, 4) is 5.75 Å². The molecule has 0 atom stereocenters. The number of carbonyl (C=O) groups is 4. The van der Waals surface area contributed by atoms with Crippen molar-refractivity contribution in [1.29, 1.82) is 5.41 Å². The highest BCUT2D eigenvalue weighted by molar-refractivity contribution is 6.21. The van der Waals surface area contributed by atoms with Crippen molar-refractivity contribution in [3.63, 3.8) is 0 Å². The molecule has 2 heterocycles. The quantitative estimate of drug-likeness (QED) is 0.0726. The number of benzene rings is 2. The fraction of sp³-hybridized carbons (Fsp3) is 0.250. The summed E-state index contributed by atoms with van der Waals surface area (Å²) in [4.78, 5) is 55.6. The first kappa shape index (κ1) is 31.5. The molecule has 0 aliphatic heterocycles. The van der Waals surface area contributed by atoms with E-state index in [4.69, 9.17) is 19.4 Å². The molecule has 3 amide bonds. The van der Waals surface area contributed by atoms with Gasteiger partial charge in [-0.2, -0.15) is 0 Å². The maximum atomic E-state index is 13.6. The smallest absolute Gasteiger partial charge is 0.423 e. The first-order valence-corrected chi connectivity index (χ1v) is 14.3. The minimum Gasteiger partial charge on any atom is -0.508 e. The van der Waals surface area contributed by atoms with Crippen LogP contribution < -0.4 is 15.5 Å². The highest BCUT2D eigenvalue weighted by atomic mass is 16.7. The molecule has 0 radical (unpaired) electrons. The molecule has 4 aromatic rings. The van der Waals surface area contributed by atoms with Gasteiger partial charge in [0.2, 0.25) is 6.79 Å². The van der Waals surface area contributed by atoms with Gasteiger partial charge >= 0.3 is 12.1 Å². The molecule has 0 unspecified atom stereocenters. The standard InChI is InChI=1S/C32H32N6O8/c1-17-4-7-21(30(41)36-26-12-18(2)46-37-26)14-25(17)38(29(33)28-19(3)24(15-34-28)31(42)35-22-8-9-22)32(43)45-16-44-27(40)13-20-5-10-23(39)11-6-20/h4-7,10-12,14-15,22,33-34,39H,8-9,13,16H2,1-3H3,(H,35,42)(H,36,37,41). The SMILES string of the molecule is Cc1cc(NC(=O)c2ccc(C)c(N(C(=N)c3[nH]cc(C(=O)NC4CC4)c3C)C(=O)OCOC(=O)Cc3ccc(O)cc3)c2)no1. The Morgan fingerprint density at radius 3 is 2.46 bits per heavy atom. The number of aromatic nitrogens is 2. The molecule has 238 valence electrons. The second-order valence-corrected chi connectivity index (χ2v) is 10.8. The van der Waals surface area contributed by atoms with E-state index >= 15 is 0 Å². The number of aromatic amines is 1. The Morgan fingerprint density at radius 1 is 1.04 bits per heavy atom. The van der Waals surface area contributed by atoms with Gasteiger partial charge in [0.1, 0.15) is 11.5 Å². The van der Waals surface area contributed by atoms with Crippen molar-refractivity contribution in [2.75, 3.05) is 17.0 Å². The van der Waals surface area contributed by atoms with Gasteiger partial charge in [-0.05, 0) is 74.6 Å². The van der Waals surface area contributed by atoms with Crippen molar-refractivity contribution < 1.29 is 38.3 Å². The molecular weight excluding hydrogens is 596 g/mol. The van der Waals surface area contributed by atoms with E-state index < -0.39 is 24.8 Å². The minimum absolute atomic E-state index is 0.0478. The molecule has 1 saturated carbocycles. The Morgan fingerprint density at radius 2 is 1.78 bits per heavy atom. The molecule has 0 bridgehead atoms. The number of phenolic OH excluding ortho intramolecular Hbond substituents is 1. The summed E-state index contributed by atoms with van der Waals surface area (Å²) in [6.45, 7) is 4.24. The Hall–Kier alpha value is -5.92. The summed E-state index contributed by atoms with van der Waals surface area (Å²) in [6.07, 6.45) is 2.05. The summed E-state index contributed by atoms with van der Waals surface area (Å²) < 4.78 is 15.4. The number of hydrogen-bond donors (Lipinski definition) is 5. The van der Waals surface area contributed by atoms with E-state index in [1.165, 1.54) is 24.4 Å². The zero-order valence-electron chi connectivity index (χ0n) is 25.3. The van der Waals surface area contributed by atoms with Crippen LogP contribution in [0.15, 0.2) is 59.3 Å². The van der Waals surface area contributed by atoms with Gasteiger partial charge in [0.15, 0.2) is 11.7 Å². The number of nitrogens with zero attached hydrogens (tertiary/aromatic N) is 2. The maximum Gasteiger partial charge on any atom is 0.423 e. The lowest BCUT2D eigenvalue weighted by atomic mass is 10.1. The van der Waals surface area contributed by atoms with E-state index in [0.717, 1.165) is 17.7 Å². The lowest BCUT2D eigenvalue weighted by Gasteiger charge is -2.24. The molecule has 46 heavy (non-hydrogen) atoms. The average molecular weight is 629 g/mol. The number of carbonyl (C=O) groups excluding carboxylic acids is 4. The zero-order valence-corrected chi connectivity index (χ0v) is 25.3. The number of amides is 3. The van der Waals surface area contributed by atoms with E-state index in [0.29, 0.717) is 28.0 Å². The van der Waals surface area contributed by atoms with Gasteiger partial charge in [-0.25, -0.2) is 9.69 Å². The Labute approximate surface area is 263 Å². The molecule has 1 fully saturated rings. The summed E-state index contributed by atoms with van der Waals surface area (Å²) in [5.41, 5.74) is 2.26. The van der Waals surface area contributed by atoms with Gasteiger partial charge in [0, 0.05) is 23.9 Å². The molecule has 5 rings (SSSR count). The number of H-pyrrole nitrogens is 1. The predicted octanol–water partition coefficient (Wildman–Crippen LogP) is 4.49. The summed E-state index contributed by atoms with van der Waals surface area (Å²) in [6, 6.07) is 12.2. The third-order valence-corrected chi connectivity index (χ3v) is 7.21. The van der Waals surface area contributed by atoms with Crippen LogP contribution in [0.2, 0.25) is 0 Å². The molecule has 0 saturated heterocycles. The van der Waals surface area contributed by atoms with Gasteiger partial charge in [0.25, 0.3) is 11.8 Å². The lowest BCUT2D eigenvalue weighted by Crippen LogP contribution is -2.39. The second kappa shape index (κ2) is 13.4. The number of hydrogen-bond acceptors (Lipinski definition) is 10. The summed E-state index contributed by atoms with van der Waals surface area (Å²) >= 11 is 0. The highest BCUT2D eigenvalue weighted by Crippen LogP contribution is 2.27. The number of rotatable bonds is 10. The number of aryl methyl sites for hydroxylation is 2. The van der Waals surface area contributed by atoms with Crippen LogP contribution in [0.5, 0.6) is 5.75 Å². The highest BCUT2D eigenvalue weighted by Gasteiger charge is 2.31. The molecule has 0 spiro atoms. The largest absolute Gasteiger partial charge is 0.508 e. The Balaban J connectivity index is 1.39. The summed E-state index contributed by atoms with van der Waals surface area (Å²) in [5.74, 6) is -1.18. The molecule has 5 N–H and O–H groups in total. The van der Waals surface area contributed by atoms with Crippen molar-refractivity contribution >= 4 is 41.2 Å². The van der Waals surface area contributed by atoms with Crippen LogP contribution in [0.4, 0.5) is 16.3 Å². The van der Waals surface area contributed by atoms with Gasteiger partial charge < -0.3 is 34.7 Å². The van der Waals surface area contributed by atoms with E-state index in [-0.39, 0.29) is 52.7 Å². The van der Waals surface area contributed by atoms with Crippen LogP contribution in [-0.2, 0) is 20.7 Å². The second-order valence-electron chi connectivity index (χ2n) is 10.8. The number of esters is 1. The van der Waals surface area contributed by atoms with Crippen LogP contribution in [0.3, 0.4) is 0 Å². The Bertz CT molecular complexity index is 1810. The van der Waals surface area contributed by atoms with Crippen LogP contribution in [0.25, 0.3) is 0 Å². The molecule has 1 aliphatic carbocycles. The van der Waals surface area contributed by atoms with Gasteiger partial charge in [-0.3, -0.25) is 19.8 Å². The first-order chi connectivity index (χ1) is 22.0. The number of phenols is 1. The number of nitrogens with one attached hydrogen (secondary N) is 4. The molecule has 2 aromatic heterocycles. The molecule has 1 aliphatic rings. The van der Waals surface area contributed by atoms with Gasteiger partial charge in [0.05, 0.1) is 23.4 Å². The van der Waals surface area contributed by atoms with Crippen LogP contribution >= 0.6 is 0 Å².